The van der Waals surface area contributed by atoms with E-state index in [0.717, 1.165) is 25.3 Å². The van der Waals surface area contributed by atoms with Crippen LogP contribution in [0.4, 0.5) is 0 Å². The van der Waals surface area contributed by atoms with Crippen molar-refractivity contribution in [1.29, 1.82) is 0 Å². The van der Waals surface area contributed by atoms with E-state index in [4.69, 9.17) is 0 Å². The average molecular weight is 181 g/mol. The maximum absolute atomic E-state index is 4.31. The van der Waals surface area contributed by atoms with Gasteiger partial charge in [0, 0.05) is 19.3 Å². The molecule has 1 aromatic rings. The lowest BCUT2D eigenvalue weighted by Gasteiger charge is -2.03. The lowest BCUT2D eigenvalue weighted by molar-refractivity contribution is 0.522. The van der Waals surface area contributed by atoms with E-state index in [1.165, 1.54) is 0 Å². The van der Waals surface area contributed by atoms with E-state index in [2.05, 4.69) is 41.8 Å². The highest BCUT2D eigenvalue weighted by Crippen LogP contribution is 2.01. The third kappa shape index (κ3) is 3.59. The first-order valence-electron chi connectivity index (χ1n) is 4.93. The summed E-state index contributed by atoms with van der Waals surface area (Å²) in [6, 6.07) is 0. The molecule has 1 N–H and O–H groups in total. The zero-order valence-electron chi connectivity index (χ0n) is 8.75. The number of nitrogens with one attached hydrogen (secondary N) is 1. The Labute approximate surface area is 80.2 Å². The topological polar surface area (TPSA) is 29.9 Å². The summed E-state index contributed by atoms with van der Waals surface area (Å²) in [7, 11) is 0. The van der Waals surface area contributed by atoms with Crippen LogP contribution in [0.25, 0.3) is 0 Å². The highest BCUT2D eigenvalue weighted by molar-refractivity contribution is 4.96. The maximum atomic E-state index is 4.31. The molecule has 0 spiro atoms. The minimum atomic E-state index is 0.682. The molecule has 1 aromatic heterocycles. The van der Waals surface area contributed by atoms with Gasteiger partial charge in [0.25, 0.3) is 0 Å². The third-order valence-electron chi connectivity index (χ3n) is 1.82. The maximum Gasteiger partial charge on any atom is 0.0950 e. The highest BCUT2D eigenvalue weighted by atomic mass is 15.0. The molecule has 0 unspecified atom stereocenters. The number of hydrogen-bond acceptors (Lipinski definition) is 2. The number of aromatic nitrogens is 2. The largest absolute Gasteiger partial charge is 0.337 e. The smallest absolute Gasteiger partial charge is 0.0950 e. The average Bonchev–Trinajstić information content (AvgIpc) is 2.48. The minimum absolute atomic E-state index is 0.682. The van der Waals surface area contributed by atoms with Crippen molar-refractivity contribution >= 4 is 0 Å². The van der Waals surface area contributed by atoms with Crippen LogP contribution in [-0.4, -0.2) is 16.1 Å². The van der Waals surface area contributed by atoms with Crippen LogP contribution in [0, 0.1) is 5.92 Å². The van der Waals surface area contributed by atoms with Crippen molar-refractivity contribution in [3.05, 3.63) is 18.2 Å². The van der Waals surface area contributed by atoms with E-state index in [1.54, 1.807) is 0 Å². The second-order valence-corrected chi connectivity index (χ2v) is 3.74. The summed E-state index contributed by atoms with van der Waals surface area (Å²) in [4.78, 5) is 4.31. The van der Waals surface area contributed by atoms with Gasteiger partial charge in [-0.3, -0.25) is 0 Å². The Morgan fingerprint density at radius 1 is 1.54 bits per heavy atom. The van der Waals surface area contributed by atoms with Gasteiger partial charge < -0.3 is 9.88 Å². The first-order chi connectivity index (χ1) is 6.22. The molecule has 0 aliphatic rings. The molecule has 0 aromatic carbocycles. The van der Waals surface area contributed by atoms with Crippen molar-refractivity contribution < 1.29 is 0 Å². The molecule has 0 fully saturated rings. The van der Waals surface area contributed by atoms with E-state index in [-0.39, 0.29) is 0 Å². The van der Waals surface area contributed by atoms with Gasteiger partial charge in [-0.25, -0.2) is 4.98 Å². The van der Waals surface area contributed by atoms with Gasteiger partial charge in [-0.05, 0) is 12.5 Å². The Hall–Kier alpha value is -0.830. The van der Waals surface area contributed by atoms with Crippen molar-refractivity contribution in [2.45, 2.75) is 33.9 Å². The Kier molecular flexibility index (Phi) is 3.96. The van der Waals surface area contributed by atoms with Crippen LogP contribution in [0.2, 0.25) is 0 Å². The normalized spacial score (nSPS) is 11.1. The Morgan fingerprint density at radius 3 is 2.92 bits per heavy atom. The van der Waals surface area contributed by atoms with E-state index in [9.17, 15) is 0 Å². The molecule has 0 radical (unpaired) electrons. The predicted molar refractivity (Wildman–Crippen MR) is 54.4 cm³/mol. The van der Waals surface area contributed by atoms with Gasteiger partial charge in [-0.1, -0.05) is 20.8 Å². The SMILES string of the molecule is CCNCc1cn(CC(C)C)cn1. The summed E-state index contributed by atoms with van der Waals surface area (Å²) in [6.07, 6.45) is 4.02. The number of imidazole rings is 1. The fourth-order valence-electron chi connectivity index (χ4n) is 1.27. The molecule has 0 saturated carbocycles. The molecule has 0 amide bonds. The van der Waals surface area contributed by atoms with Gasteiger partial charge in [0.2, 0.25) is 0 Å². The standard InChI is InChI=1S/C10H19N3/c1-4-11-5-10-7-13(8-12-10)6-9(2)3/h7-9,11H,4-6H2,1-3H3. The van der Waals surface area contributed by atoms with Crippen LogP contribution in [-0.2, 0) is 13.1 Å². The first-order valence-corrected chi connectivity index (χ1v) is 4.93. The predicted octanol–water partition coefficient (Wildman–Crippen LogP) is 1.65. The third-order valence-corrected chi connectivity index (χ3v) is 1.82. The molecule has 1 rings (SSSR count). The lowest BCUT2D eigenvalue weighted by Crippen LogP contribution is -2.11. The summed E-state index contributed by atoms with van der Waals surface area (Å²) in [6.45, 7) is 9.46. The van der Waals surface area contributed by atoms with Crippen LogP contribution in [0.5, 0.6) is 0 Å². The fraction of sp³-hybridized carbons (Fsp3) is 0.700. The molecule has 0 saturated heterocycles. The monoisotopic (exact) mass is 181 g/mol. The van der Waals surface area contributed by atoms with Crippen LogP contribution < -0.4 is 5.32 Å². The van der Waals surface area contributed by atoms with Crippen molar-refractivity contribution in [2.24, 2.45) is 5.92 Å². The second-order valence-electron chi connectivity index (χ2n) is 3.74. The van der Waals surface area contributed by atoms with Crippen molar-refractivity contribution in [1.82, 2.24) is 14.9 Å². The number of hydrogen-bond donors (Lipinski definition) is 1. The minimum Gasteiger partial charge on any atom is -0.337 e. The quantitative estimate of drug-likeness (QED) is 0.748. The summed E-state index contributed by atoms with van der Waals surface area (Å²) in [5.74, 6) is 0.682. The summed E-state index contributed by atoms with van der Waals surface area (Å²) >= 11 is 0. The van der Waals surface area contributed by atoms with E-state index in [0.29, 0.717) is 5.92 Å². The van der Waals surface area contributed by atoms with Crippen LogP contribution in [0.3, 0.4) is 0 Å². The van der Waals surface area contributed by atoms with Gasteiger partial charge >= 0.3 is 0 Å². The molecule has 3 heteroatoms. The molecule has 3 nitrogen and oxygen atoms in total. The molecule has 0 aliphatic heterocycles. The van der Waals surface area contributed by atoms with E-state index in [1.807, 2.05) is 6.33 Å². The molecule has 0 aliphatic carbocycles. The Morgan fingerprint density at radius 2 is 2.31 bits per heavy atom. The fourth-order valence-corrected chi connectivity index (χ4v) is 1.27. The molecular weight excluding hydrogens is 162 g/mol. The van der Waals surface area contributed by atoms with E-state index < -0.39 is 0 Å². The van der Waals surface area contributed by atoms with Crippen LogP contribution >= 0.6 is 0 Å². The van der Waals surface area contributed by atoms with Gasteiger partial charge in [-0.15, -0.1) is 0 Å². The number of nitrogens with zero attached hydrogens (tertiary/aromatic N) is 2. The van der Waals surface area contributed by atoms with Gasteiger partial charge in [-0.2, -0.15) is 0 Å². The molecule has 1 heterocycles. The molecule has 13 heavy (non-hydrogen) atoms. The van der Waals surface area contributed by atoms with Gasteiger partial charge in [0.05, 0.1) is 12.0 Å². The van der Waals surface area contributed by atoms with Crippen LogP contribution in [0.1, 0.15) is 26.5 Å². The van der Waals surface area contributed by atoms with Crippen molar-refractivity contribution in [3.63, 3.8) is 0 Å². The van der Waals surface area contributed by atoms with Gasteiger partial charge in [0.15, 0.2) is 0 Å². The lowest BCUT2D eigenvalue weighted by atomic mass is 10.2. The van der Waals surface area contributed by atoms with Crippen molar-refractivity contribution in [3.8, 4) is 0 Å². The number of rotatable bonds is 5. The highest BCUT2D eigenvalue weighted by Gasteiger charge is 1.99. The Balaban J connectivity index is 2.44. The molecule has 0 atom stereocenters. The zero-order chi connectivity index (χ0) is 9.68. The van der Waals surface area contributed by atoms with Crippen LogP contribution in [0.15, 0.2) is 12.5 Å². The summed E-state index contributed by atoms with van der Waals surface area (Å²) in [5.41, 5.74) is 1.13. The molecular formula is C10H19N3. The van der Waals surface area contributed by atoms with E-state index >= 15 is 0 Å². The zero-order valence-corrected chi connectivity index (χ0v) is 8.75. The second kappa shape index (κ2) is 5.02. The Bertz CT molecular complexity index is 240. The van der Waals surface area contributed by atoms with Gasteiger partial charge in [0.1, 0.15) is 0 Å². The summed E-state index contributed by atoms with van der Waals surface area (Å²) in [5, 5.41) is 3.26. The molecule has 74 valence electrons. The first kappa shape index (κ1) is 10.3. The summed E-state index contributed by atoms with van der Waals surface area (Å²) < 4.78 is 2.15. The van der Waals surface area contributed by atoms with Crippen molar-refractivity contribution in [2.75, 3.05) is 6.54 Å². The molecule has 0 bridgehead atoms.